The van der Waals surface area contributed by atoms with Crippen molar-refractivity contribution in [1.29, 1.82) is 5.26 Å². The number of benzene rings is 3. The van der Waals surface area contributed by atoms with E-state index >= 15 is 8.78 Å². The number of nitriles is 1. The third kappa shape index (κ3) is 8.70. The number of rotatable bonds is 12. The SMILES string of the molecule is CCN(CC)CCNC(=O)c1ccc(NC(=O)[C@@H]2N[C@@H](CC(C)(C)C)[C@](C#N)(c3ccc(Cl)cc3F)[C@H]2c2cccc(Cl)c2F)c(OC)c1.Cl. The number of carbonyl (C=O) groups is 2. The van der Waals surface area contributed by atoms with Gasteiger partial charge in [-0.1, -0.05) is 76.0 Å². The minimum absolute atomic E-state index is 0. The normalized spacial score (nSPS) is 20.2. The van der Waals surface area contributed by atoms with Gasteiger partial charge in [0, 0.05) is 41.2 Å². The fourth-order valence-electron chi connectivity index (χ4n) is 6.67. The Morgan fingerprint density at radius 3 is 2.38 bits per heavy atom. The van der Waals surface area contributed by atoms with Crippen LogP contribution in [0.2, 0.25) is 10.0 Å². The lowest BCUT2D eigenvalue weighted by Gasteiger charge is -2.37. The van der Waals surface area contributed by atoms with E-state index < -0.39 is 46.4 Å². The molecule has 270 valence electrons. The number of methoxy groups -OCH3 is 1. The van der Waals surface area contributed by atoms with Gasteiger partial charge in [-0.05, 0) is 66.9 Å². The number of nitrogens with zero attached hydrogens (tertiary/aromatic N) is 2. The first-order valence-corrected chi connectivity index (χ1v) is 17.0. The van der Waals surface area contributed by atoms with Gasteiger partial charge >= 0.3 is 0 Å². The van der Waals surface area contributed by atoms with Crippen LogP contribution in [0.5, 0.6) is 5.75 Å². The monoisotopic (exact) mass is 749 g/mol. The molecular weight excluding hydrogens is 707 g/mol. The fraction of sp³-hybridized carbons (Fsp3) is 0.432. The highest BCUT2D eigenvalue weighted by Crippen LogP contribution is 2.53. The Balaban J connectivity index is 0.00000676. The summed E-state index contributed by atoms with van der Waals surface area (Å²) in [4.78, 5) is 29.4. The van der Waals surface area contributed by atoms with Crippen molar-refractivity contribution in [2.45, 2.75) is 64.5 Å². The third-order valence-electron chi connectivity index (χ3n) is 9.06. The molecule has 1 aliphatic heterocycles. The molecule has 0 aromatic heterocycles. The molecule has 1 fully saturated rings. The molecule has 0 bridgehead atoms. The average Bonchev–Trinajstić information content (AvgIpc) is 3.37. The van der Waals surface area contributed by atoms with Gasteiger partial charge in [0.1, 0.15) is 22.8 Å². The molecule has 0 radical (unpaired) electrons. The van der Waals surface area contributed by atoms with E-state index in [2.05, 4.69) is 40.8 Å². The standard InChI is InChI=1S/C37H43Cl2F2N5O3.ClH/c1-7-46(8-2)17-16-43-34(47)22-12-15-28(29(18-22)49-6)44-35(48)33-31(24-10-9-11-26(39)32(24)41)37(21-42,30(45-33)20-36(3,4)5)25-14-13-23(38)19-27(25)40;/h9-15,18-19,30-31,33,45H,7-8,16-17,20H2,1-6H3,(H,43,47)(H,44,48);1H/t30-,31-,33+,37-;/m0./s1. The Kier molecular flexibility index (Phi) is 14.1. The third-order valence-corrected chi connectivity index (χ3v) is 9.59. The van der Waals surface area contributed by atoms with Crippen LogP contribution in [0.25, 0.3) is 0 Å². The fourth-order valence-corrected chi connectivity index (χ4v) is 7.01. The van der Waals surface area contributed by atoms with Crippen molar-refractivity contribution in [2.75, 3.05) is 38.6 Å². The van der Waals surface area contributed by atoms with Gasteiger partial charge in [-0.25, -0.2) is 8.78 Å². The molecule has 1 heterocycles. The highest BCUT2D eigenvalue weighted by molar-refractivity contribution is 6.31. The molecule has 4 atom stereocenters. The minimum atomic E-state index is -1.77. The summed E-state index contributed by atoms with van der Waals surface area (Å²) in [5.41, 5.74) is -1.62. The molecule has 3 aromatic rings. The summed E-state index contributed by atoms with van der Waals surface area (Å²) in [5.74, 6) is -3.50. The zero-order valence-electron chi connectivity index (χ0n) is 29.0. The molecule has 1 saturated heterocycles. The Bertz CT molecular complexity index is 1730. The van der Waals surface area contributed by atoms with E-state index in [4.69, 9.17) is 27.9 Å². The Morgan fingerprint density at radius 2 is 1.78 bits per heavy atom. The molecule has 2 amide bonds. The van der Waals surface area contributed by atoms with E-state index in [9.17, 15) is 14.9 Å². The summed E-state index contributed by atoms with van der Waals surface area (Å²) in [6.07, 6.45) is 0.326. The van der Waals surface area contributed by atoms with Crippen LogP contribution < -0.4 is 20.7 Å². The van der Waals surface area contributed by atoms with Crippen LogP contribution in [-0.4, -0.2) is 62.1 Å². The maximum atomic E-state index is 16.0. The number of amides is 2. The molecule has 4 rings (SSSR count). The summed E-state index contributed by atoms with van der Waals surface area (Å²) in [6, 6.07) is 13.3. The smallest absolute Gasteiger partial charge is 0.251 e. The predicted molar refractivity (Wildman–Crippen MR) is 197 cm³/mol. The van der Waals surface area contributed by atoms with Crippen molar-refractivity contribution in [3.63, 3.8) is 0 Å². The van der Waals surface area contributed by atoms with Crippen molar-refractivity contribution in [1.82, 2.24) is 15.5 Å². The van der Waals surface area contributed by atoms with Gasteiger partial charge in [-0.15, -0.1) is 12.4 Å². The molecule has 0 spiro atoms. The zero-order valence-corrected chi connectivity index (χ0v) is 31.3. The number of ether oxygens (including phenoxy) is 1. The summed E-state index contributed by atoms with van der Waals surface area (Å²) in [7, 11) is 1.41. The van der Waals surface area contributed by atoms with E-state index in [1.807, 2.05) is 20.8 Å². The minimum Gasteiger partial charge on any atom is -0.495 e. The molecule has 3 aromatic carbocycles. The van der Waals surface area contributed by atoms with Crippen molar-refractivity contribution >= 4 is 53.1 Å². The molecule has 0 aliphatic carbocycles. The largest absolute Gasteiger partial charge is 0.495 e. The molecule has 1 aliphatic rings. The highest BCUT2D eigenvalue weighted by Gasteiger charge is 2.61. The number of nitrogens with one attached hydrogen (secondary N) is 3. The molecule has 13 heteroatoms. The lowest BCUT2D eigenvalue weighted by atomic mass is 9.62. The summed E-state index contributed by atoms with van der Waals surface area (Å²) in [5, 5.41) is 20.0. The number of halogens is 5. The topological polar surface area (TPSA) is 106 Å². The van der Waals surface area contributed by atoms with Gasteiger partial charge in [-0.2, -0.15) is 5.26 Å². The second-order valence-corrected chi connectivity index (χ2v) is 14.2. The zero-order chi connectivity index (χ0) is 36.1. The van der Waals surface area contributed by atoms with Gasteiger partial charge in [-0.3, -0.25) is 9.59 Å². The first-order chi connectivity index (χ1) is 23.2. The number of anilines is 1. The van der Waals surface area contributed by atoms with Crippen LogP contribution in [0, 0.1) is 28.4 Å². The number of hydrogen-bond acceptors (Lipinski definition) is 6. The van der Waals surface area contributed by atoms with E-state index in [1.54, 1.807) is 12.1 Å². The first-order valence-electron chi connectivity index (χ1n) is 16.3. The molecule has 8 nitrogen and oxygen atoms in total. The maximum absolute atomic E-state index is 16.0. The molecule has 50 heavy (non-hydrogen) atoms. The molecule has 0 unspecified atom stereocenters. The maximum Gasteiger partial charge on any atom is 0.251 e. The number of carbonyl (C=O) groups excluding carboxylic acids is 2. The lowest BCUT2D eigenvalue weighted by Crippen LogP contribution is -2.45. The van der Waals surface area contributed by atoms with Crippen molar-refractivity contribution < 1.29 is 23.1 Å². The summed E-state index contributed by atoms with van der Waals surface area (Å²) in [6.45, 7) is 12.9. The van der Waals surface area contributed by atoms with Crippen LogP contribution in [0.1, 0.15) is 68.4 Å². The van der Waals surface area contributed by atoms with Gasteiger partial charge in [0.05, 0.1) is 29.9 Å². The van der Waals surface area contributed by atoms with Crippen molar-refractivity contribution in [3.8, 4) is 11.8 Å². The molecular formula is C37H44Cl3F2N5O3. The second-order valence-electron chi connectivity index (χ2n) is 13.4. The summed E-state index contributed by atoms with van der Waals surface area (Å²) >= 11 is 12.4. The molecule has 3 N–H and O–H groups in total. The van der Waals surface area contributed by atoms with E-state index in [1.165, 1.54) is 43.5 Å². The van der Waals surface area contributed by atoms with Gasteiger partial charge in [0.2, 0.25) is 5.91 Å². The van der Waals surface area contributed by atoms with E-state index in [0.29, 0.717) is 25.1 Å². The predicted octanol–water partition coefficient (Wildman–Crippen LogP) is 7.73. The van der Waals surface area contributed by atoms with E-state index in [0.717, 1.165) is 19.2 Å². The van der Waals surface area contributed by atoms with Gasteiger partial charge in [0.25, 0.3) is 5.91 Å². The highest BCUT2D eigenvalue weighted by atomic mass is 35.5. The first kappa shape index (κ1) is 41.0. The Morgan fingerprint density at radius 1 is 1.08 bits per heavy atom. The van der Waals surface area contributed by atoms with Crippen LogP contribution in [-0.2, 0) is 10.2 Å². The van der Waals surface area contributed by atoms with E-state index in [-0.39, 0.29) is 50.9 Å². The quantitative estimate of drug-likeness (QED) is 0.175. The number of likely N-dealkylation sites (N-methyl/N-ethyl adjacent to an activating group) is 1. The lowest BCUT2D eigenvalue weighted by molar-refractivity contribution is -0.118. The van der Waals surface area contributed by atoms with Crippen LogP contribution in [0.15, 0.2) is 54.6 Å². The van der Waals surface area contributed by atoms with Crippen LogP contribution in [0.4, 0.5) is 14.5 Å². The van der Waals surface area contributed by atoms with Gasteiger partial charge in [0.15, 0.2) is 0 Å². The van der Waals surface area contributed by atoms with Crippen LogP contribution in [0.3, 0.4) is 0 Å². The summed E-state index contributed by atoms with van der Waals surface area (Å²) < 4.78 is 37.4. The Labute approximate surface area is 309 Å². The average molecular weight is 751 g/mol. The number of hydrogen-bond donors (Lipinski definition) is 3. The van der Waals surface area contributed by atoms with Gasteiger partial charge < -0.3 is 25.6 Å². The van der Waals surface area contributed by atoms with Crippen molar-refractivity contribution in [3.05, 3.63) is 93.0 Å². The molecule has 0 saturated carbocycles. The second kappa shape index (κ2) is 17.2. The van der Waals surface area contributed by atoms with Crippen molar-refractivity contribution in [2.24, 2.45) is 5.41 Å². The Hall–Kier alpha value is -3.46. The van der Waals surface area contributed by atoms with Crippen LogP contribution >= 0.6 is 35.6 Å².